The first-order valence-electron chi connectivity index (χ1n) is 10.8. The molecule has 2 aromatic carbocycles. The number of hydrogen-bond donors (Lipinski definition) is 0. The molecule has 33 heavy (non-hydrogen) atoms. The molecule has 3 aromatic rings. The van der Waals surface area contributed by atoms with Crippen LogP contribution in [0.5, 0.6) is 0 Å². The molecule has 1 aliphatic rings. The van der Waals surface area contributed by atoms with Crippen LogP contribution < -0.4 is 5.56 Å². The first kappa shape index (κ1) is 23.5. The number of thioether (sulfide) groups is 1. The second-order valence-corrected chi connectivity index (χ2v) is 9.37. The minimum atomic E-state index is -0.523. The number of methoxy groups -OCH3 is 1. The molecule has 2 heterocycles. The highest BCUT2D eigenvalue weighted by molar-refractivity contribution is 8.00. The summed E-state index contributed by atoms with van der Waals surface area (Å²) in [6.45, 7) is 1.02. The van der Waals surface area contributed by atoms with E-state index < -0.39 is 5.25 Å². The number of likely N-dealkylation sites (tertiary alicyclic amines) is 1. The van der Waals surface area contributed by atoms with E-state index in [4.69, 9.17) is 16.3 Å². The van der Waals surface area contributed by atoms with E-state index in [0.29, 0.717) is 52.8 Å². The molecule has 0 bridgehead atoms. The summed E-state index contributed by atoms with van der Waals surface area (Å²) >= 11 is 7.18. The zero-order valence-corrected chi connectivity index (χ0v) is 19.8. The number of carbonyl (C=O) groups excluding carboxylic acids is 2. The summed E-state index contributed by atoms with van der Waals surface area (Å²) in [6.07, 6.45) is 2.12. The number of imide groups is 1. The standard InChI is InChI=1S/C24H24ClN3O4S/c1-32-15-14-28-22(30)18-6-2-3-7-19(18)26-24(28)33-20-8-4-5-13-27(23(20)31)21(29)16-9-11-17(25)12-10-16/h2-3,6-7,9-12,20H,4-5,8,13-15H2,1H3. The number of carbonyl (C=O) groups is 2. The molecule has 0 N–H and O–H groups in total. The Morgan fingerprint density at radius 3 is 2.67 bits per heavy atom. The lowest BCUT2D eigenvalue weighted by atomic mass is 10.2. The first-order chi connectivity index (χ1) is 16.0. The highest BCUT2D eigenvalue weighted by Crippen LogP contribution is 2.30. The molecule has 1 unspecified atom stereocenters. The quantitative estimate of drug-likeness (QED) is 0.387. The van der Waals surface area contributed by atoms with Crippen molar-refractivity contribution in [2.45, 2.75) is 36.2 Å². The number of benzene rings is 2. The smallest absolute Gasteiger partial charge is 0.262 e. The van der Waals surface area contributed by atoms with Gasteiger partial charge in [0, 0.05) is 24.2 Å². The van der Waals surface area contributed by atoms with Crippen LogP contribution in [0.15, 0.2) is 58.5 Å². The minimum absolute atomic E-state index is 0.171. The van der Waals surface area contributed by atoms with Gasteiger partial charge < -0.3 is 4.74 Å². The summed E-state index contributed by atoms with van der Waals surface area (Å²) in [5, 5.41) is 0.976. The summed E-state index contributed by atoms with van der Waals surface area (Å²) in [6, 6.07) is 13.7. The Bertz CT molecular complexity index is 1230. The Kier molecular flexibility index (Phi) is 7.47. The third-order valence-corrected chi connectivity index (χ3v) is 7.07. The first-order valence-corrected chi connectivity index (χ1v) is 12.0. The molecule has 1 saturated heterocycles. The molecule has 2 amide bonds. The van der Waals surface area contributed by atoms with Crippen molar-refractivity contribution in [2.75, 3.05) is 20.3 Å². The van der Waals surface area contributed by atoms with Crippen molar-refractivity contribution in [2.24, 2.45) is 0 Å². The van der Waals surface area contributed by atoms with E-state index in [1.54, 1.807) is 54.1 Å². The topological polar surface area (TPSA) is 81.5 Å². The van der Waals surface area contributed by atoms with Gasteiger partial charge in [0.15, 0.2) is 5.16 Å². The van der Waals surface area contributed by atoms with E-state index in [1.807, 2.05) is 6.07 Å². The van der Waals surface area contributed by atoms with Crippen molar-refractivity contribution in [3.05, 3.63) is 69.5 Å². The maximum absolute atomic E-state index is 13.4. The molecule has 1 atom stereocenters. The van der Waals surface area contributed by atoms with Crippen LogP contribution in [0.3, 0.4) is 0 Å². The van der Waals surface area contributed by atoms with Crippen LogP contribution in [0.1, 0.15) is 29.6 Å². The van der Waals surface area contributed by atoms with E-state index in [1.165, 1.54) is 16.7 Å². The number of halogens is 1. The van der Waals surface area contributed by atoms with Crippen molar-refractivity contribution in [3.8, 4) is 0 Å². The van der Waals surface area contributed by atoms with E-state index in [9.17, 15) is 14.4 Å². The van der Waals surface area contributed by atoms with Gasteiger partial charge in [-0.1, -0.05) is 41.9 Å². The molecule has 1 fully saturated rings. The van der Waals surface area contributed by atoms with Gasteiger partial charge in [-0.2, -0.15) is 0 Å². The number of amides is 2. The van der Waals surface area contributed by atoms with Crippen LogP contribution in [-0.4, -0.2) is 51.8 Å². The van der Waals surface area contributed by atoms with Crippen LogP contribution >= 0.6 is 23.4 Å². The minimum Gasteiger partial charge on any atom is -0.383 e. The van der Waals surface area contributed by atoms with Gasteiger partial charge in [-0.25, -0.2) is 4.98 Å². The molecular weight excluding hydrogens is 462 g/mol. The SMILES string of the molecule is COCCn1c(SC2CCCCN(C(=O)c3ccc(Cl)cc3)C2=O)nc2ccccc2c1=O. The summed E-state index contributed by atoms with van der Waals surface area (Å²) in [5.41, 5.74) is 0.823. The van der Waals surface area contributed by atoms with Crippen molar-refractivity contribution in [1.82, 2.24) is 14.5 Å². The van der Waals surface area contributed by atoms with E-state index in [-0.39, 0.29) is 17.4 Å². The normalized spacial score (nSPS) is 16.7. The monoisotopic (exact) mass is 485 g/mol. The molecule has 0 spiro atoms. The summed E-state index contributed by atoms with van der Waals surface area (Å²) < 4.78 is 6.73. The fourth-order valence-electron chi connectivity index (χ4n) is 3.81. The fraction of sp³-hybridized carbons (Fsp3) is 0.333. The third-order valence-electron chi connectivity index (χ3n) is 5.57. The van der Waals surface area contributed by atoms with Crippen molar-refractivity contribution in [3.63, 3.8) is 0 Å². The Morgan fingerprint density at radius 2 is 1.91 bits per heavy atom. The number of nitrogens with zero attached hydrogens (tertiary/aromatic N) is 3. The molecule has 9 heteroatoms. The molecule has 172 valence electrons. The lowest BCUT2D eigenvalue weighted by Crippen LogP contribution is -2.41. The lowest BCUT2D eigenvalue weighted by Gasteiger charge is -2.23. The predicted molar refractivity (Wildman–Crippen MR) is 129 cm³/mol. The lowest BCUT2D eigenvalue weighted by molar-refractivity contribution is -0.127. The molecule has 1 aromatic heterocycles. The highest BCUT2D eigenvalue weighted by atomic mass is 35.5. The maximum Gasteiger partial charge on any atom is 0.262 e. The second-order valence-electron chi connectivity index (χ2n) is 7.77. The summed E-state index contributed by atoms with van der Waals surface area (Å²) in [7, 11) is 1.57. The van der Waals surface area contributed by atoms with E-state index in [0.717, 1.165) is 12.8 Å². The Balaban J connectivity index is 1.66. The van der Waals surface area contributed by atoms with Crippen LogP contribution in [0.2, 0.25) is 5.02 Å². The van der Waals surface area contributed by atoms with E-state index >= 15 is 0 Å². The number of fused-ring (bicyclic) bond motifs is 1. The largest absolute Gasteiger partial charge is 0.383 e. The van der Waals surface area contributed by atoms with Gasteiger partial charge in [0.05, 0.1) is 29.3 Å². The molecule has 0 saturated carbocycles. The van der Waals surface area contributed by atoms with Crippen molar-refractivity contribution < 1.29 is 14.3 Å². The molecular formula is C24H24ClN3O4S. The average Bonchev–Trinajstić information content (AvgIpc) is 3.00. The van der Waals surface area contributed by atoms with Crippen molar-refractivity contribution >= 4 is 46.1 Å². The van der Waals surface area contributed by atoms with Gasteiger partial charge in [-0.05, 0) is 49.2 Å². The highest BCUT2D eigenvalue weighted by Gasteiger charge is 2.33. The number of hydrogen-bond acceptors (Lipinski definition) is 6. The van der Waals surface area contributed by atoms with Gasteiger partial charge in [-0.3, -0.25) is 23.9 Å². The Hall–Kier alpha value is -2.68. The van der Waals surface area contributed by atoms with Gasteiger partial charge in [0.2, 0.25) is 5.91 Å². The molecule has 0 radical (unpaired) electrons. The summed E-state index contributed by atoms with van der Waals surface area (Å²) in [4.78, 5) is 45.6. The van der Waals surface area contributed by atoms with Gasteiger partial charge in [-0.15, -0.1) is 0 Å². The third kappa shape index (κ3) is 5.13. The van der Waals surface area contributed by atoms with Gasteiger partial charge in [0.1, 0.15) is 0 Å². The van der Waals surface area contributed by atoms with Crippen LogP contribution in [0, 0.1) is 0 Å². The number of ether oxygens (including phenoxy) is 1. The Labute approximate surface area is 200 Å². The van der Waals surface area contributed by atoms with Crippen LogP contribution in [0.25, 0.3) is 10.9 Å². The maximum atomic E-state index is 13.4. The van der Waals surface area contributed by atoms with Crippen molar-refractivity contribution in [1.29, 1.82) is 0 Å². The summed E-state index contributed by atoms with van der Waals surface area (Å²) in [5.74, 6) is -0.606. The average molecular weight is 486 g/mol. The zero-order valence-electron chi connectivity index (χ0n) is 18.2. The van der Waals surface area contributed by atoms with Crippen LogP contribution in [-0.2, 0) is 16.1 Å². The zero-order chi connectivity index (χ0) is 23.4. The Morgan fingerprint density at radius 1 is 1.15 bits per heavy atom. The number of para-hydroxylation sites is 1. The van der Waals surface area contributed by atoms with Gasteiger partial charge in [0.25, 0.3) is 11.5 Å². The van der Waals surface area contributed by atoms with E-state index in [2.05, 4.69) is 4.98 Å². The van der Waals surface area contributed by atoms with Crippen LogP contribution in [0.4, 0.5) is 0 Å². The molecule has 4 rings (SSSR count). The van der Waals surface area contributed by atoms with Gasteiger partial charge >= 0.3 is 0 Å². The number of aromatic nitrogens is 2. The number of rotatable bonds is 6. The second kappa shape index (κ2) is 10.5. The molecule has 1 aliphatic heterocycles. The fourth-order valence-corrected chi connectivity index (χ4v) is 5.16. The predicted octanol–water partition coefficient (Wildman–Crippen LogP) is 4.01. The molecule has 7 nitrogen and oxygen atoms in total. The molecule has 0 aliphatic carbocycles.